The summed E-state index contributed by atoms with van der Waals surface area (Å²) in [5, 5.41) is 7.13. The van der Waals surface area contributed by atoms with Crippen LogP contribution in [0.1, 0.15) is 52.7 Å². The molecule has 105 heavy (non-hydrogen) atoms. The first-order chi connectivity index (χ1) is 51.4. The molecule has 7 heteroatoms. The third kappa shape index (κ3) is 9.78. The molecule has 0 atom stereocenters. The van der Waals surface area contributed by atoms with Crippen molar-refractivity contribution in [1.29, 1.82) is 0 Å². The van der Waals surface area contributed by atoms with Crippen molar-refractivity contribution >= 4 is 158 Å². The second kappa shape index (κ2) is 23.9. The van der Waals surface area contributed by atoms with Gasteiger partial charge in [-0.05, 0) is 207 Å². The van der Waals surface area contributed by atoms with Crippen molar-refractivity contribution in [3.63, 3.8) is 0 Å². The van der Waals surface area contributed by atoms with Gasteiger partial charge in [0, 0.05) is 101 Å². The third-order valence-corrected chi connectivity index (χ3v) is 22.3. The first-order valence-electron chi connectivity index (χ1n) is 36.8. The van der Waals surface area contributed by atoms with Gasteiger partial charge in [0.1, 0.15) is 0 Å². The Morgan fingerprint density at radius 2 is 0.590 bits per heavy atom. The zero-order valence-corrected chi connectivity index (χ0v) is 59.7. The molecule has 0 N–H and O–H groups in total. The Morgan fingerprint density at radius 1 is 0.248 bits per heavy atom. The van der Waals surface area contributed by atoms with Crippen LogP contribution in [0.4, 0.5) is 102 Å². The number of rotatable bonds is 10. The molecule has 0 saturated carbocycles. The Bertz CT molecular complexity index is 6090. The Hall–Kier alpha value is -12.8. The maximum Gasteiger partial charge on any atom is 0.252 e. The van der Waals surface area contributed by atoms with Gasteiger partial charge in [-0.15, -0.1) is 0 Å². The summed E-state index contributed by atoms with van der Waals surface area (Å²) in [6, 6.07) is 130. The van der Waals surface area contributed by atoms with Crippen molar-refractivity contribution in [2.24, 2.45) is 0 Å². The predicted octanol–water partition coefficient (Wildman–Crippen LogP) is 25.7. The van der Waals surface area contributed by atoms with Crippen molar-refractivity contribution in [2.45, 2.75) is 52.4 Å². The molecular formula is C98H75BN6. The number of nitrogens with zero attached hydrogens (tertiary/aromatic N) is 6. The molecule has 0 aromatic heterocycles. The second-order valence-electron chi connectivity index (χ2n) is 30.4. The highest BCUT2D eigenvalue weighted by atomic mass is 15.2. The molecule has 16 aromatic carbocycles. The Kier molecular flexibility index (Phi) is 14.1. The summed E-state index contributed by atoms with van der Waals surface area (Å²) < 4.78 is 0. The smallest absolute Gasteiger partial charge is 0.252 e. The van der Waals surface area contributed by atoms with Crippen molar-refractivity contribution in [3.05, 3.63) is 357 Å². The molecule has 0 radical (unpaired) electrons. The van der Waals surface area contributed by atoms with Crippen molar-refractivity contribution in [2.75, 3.05) is 29.4 Å². The van der Waals surface area contributed by atoms with Crippen molar-refractivity contribution in [3.8, 4) is 22.3 Å². The summed E-state index contributed by atoms with van der Waals surface area (Å²) >= 11 is 0. The first-order valence-corrected chi connectivity index (χ1v) is 36.8. The van der Waals surface area contributed by atoms with Crippen LogP contribution in [0.2, 0.25) is 0 Å². The van der Waals surface area contributed by atoms with Crippen molar-refractivity contribution in [1.82, 2.24) is 0 Å². The normalized spacial score (nSPS) is 13.1. The monoisotopic (exact) mass is 1350 g/mol. The van der Waals surface area contributed by atoms with Crippen LogP contribution in [0.25, 0.3) is 54.6 Å². The van der Waals surface area contributed by atoms with Gasteiger partial charge in [-0.1, -0.05) is 236 Å². The minimum atomic E-state index is -0.244. The minimum absolute atomic E-state index is 0.0509. The summed E-state index contributed by atoms with van der Waals surface area (Å²) in [5.74, 6) is 0. The summed E-state index contributed by atoms with van der Waals surface area (Å²) in [6.07, 6.45) is 0. The maximum absolute atomic E-state index is 2.59. The van der Waals surface area contributed by atoms with E-state index in [0.717, 1.165) is 102 Å². The molecule has 0 amide bonds. The molecule has 0 bridgehead atoms. The lowest BCUT2D eigenvalue weighted by atomic mass is 9.33. The quantitative estimate of drug-likeness (QED) is 0.126. The number of hydrogen-bond donors (Lipinski definition) is 0. The lowest BCUT2D eigenvalue weighted by molar-refractivity contribution is 0.590. The van der Waals surface area contributed by atoms with Crippen LogP contribution in [-0.2, 0) is 10.8 Å². The highest BCUT2D eigenvalue weighted by Crippen LogP contribution is 2.59. The fourth-order valence-electron chi connectivity index (χ4n) is 17.5. The van der Waals surface area contributed by atoms with E-state index in [0.29, 0.717) is 0 Å². The lowest BCUT2D eigenvalue weighted by Crippen LogP contribution is -2.61. The van der Waals surface area contributed by atoms with E-state index in [2.05, 4.69) is 417 Å². The van der Waals surface area contributed by atoms with Crippen LogP contribution >= 0.6 is 0 Å². The van der Waals surface area contributed by atoms with Crippen LogP contribution in [0.3, 0.4) is 0 Å². The van der Waals surface area contributed by atoms with E-state index in [1.54, 1.807) is 0 Å². The van der Waals surface area contributed by atoms with Gasteiger partial charge in [-0.3, -0.25) is 0 Å². The highest BCUT2D eigenvalue weighted by molar-refractivity contribution is 7.00. The van der Waals surface area contributed by atoms with E-state index in [1.165, 1.54) is 82.1 Å². The van der Waals surface area contributed by atoms with E-state index in [4.69, 9.17) is 0 Å². The molecule has 20 rings (SSSR count). The van der Waals surface area contributed by atoms with Crippen LogP contribution in [0.15, 0.2) is 346 Å². The van der Waals surface area contributed by atoms with Gasteiger partial charge >= 0.3 is 0 Å². The molecule has 0 unspecified atom stereocenters. The lowest BCUT2D eigenvalue weighted by Gasteiger charge is -2.46. The molecular weight excluding hydrogens is 1270 g/mol. The van der Waals surface area contributed by atoms with Gasteiger partial charge in [0.15, 0.2) is 0 Å². The molecule has 0 aliphatic carbocycles. The minimum Gasteiger partial charge on any atom is -0.311 e. The molecule has 0 saturated heterocycles. The summed E-state index contributed by atoms with van der Waals surface area (Å²) in [5.41, 5.74) is 31.1. The molecule has 6 nitrogen and oxygen atoms in total. The summed E-state index contributed by atoms with van der Waals surface area (Å²) in [7, 11) is 0. The number of hydrogen-bond acceptors (Lipinski definition) is 6. The summed E-state index contributed by atoms with van der Waals surface area (Å²) in [4.78, 5) is 15.2. The fraction of sp³-hybridized carbons (Fsp3) is 0.0816. The van der Waals surface area contributed by atoms with E-state index in [9.17, 15) is 0 Å². The molecule has 500 valence electrons. The van der Waals surface area contributed by atoms with E-state index < -0.39 is 0 Å². The van der Waals surface area contributed by atoms with Crippen molar-refractivity contribution < 1.29 is 0 Å². The van der Waals surface area contributed by atoms with E-state index in [-0.39, 0.29) is 17.5 Å². The van der Waals surface area contributed by atoms with Crippen LogP contribution in [0, 0.1) is 0 Å². The molecule has 0 spiro atoms. The van der Waals surface area contributed by atoms with Gasteiger partial charge in [0.25, 0.3) is 6.71 Å². The molecule has 4 aliphatic heterocycles. The average Bonchev–Trinajstić information content (AvgIpc) is 0.686. The molecule has 4 aliphatic rings. The fourth-order valence-corrected chi connectivity index (χ4v) is 17.5. The first kappa shape index (κ1) is 62.0. The Morgan fingerprint density at radius 3 is 1.05 bits per heavy atom. The summed E-state index contributed by atoms with van der Waals surface area (Å²) in [6.45, 7) is 13.6. The second-order valence-corrected chi connectivity index (χ2v) is 30.4. The van der Waals surface area contributed by atoms with Crippen LogP contribution in [0.5, 0.6) is 0 Å². The number of anilines is 18. The van der Waals surface area contributed by atoms with Gasteiger partial charge in [-0.2, -0.15) is 0 Å². The molecule has 4 heterocycles. The van der Waals surface area contributed by atoms with Crippen LogP contribution in [-0.4, -0.2) is 6.71 Å². The van der Waals surface area contributed by atoms with E-state index >= 15 is 0 Å². The Labute approximate surface area is 614 Å². The SMILES string of the molecule is CC(C)(C)c1ccc(N2c3cc4c(cc3B3c5cc6c(cc5N(c5ccc(C(C)(C)C)cc5)c5cccc2c53)-c2ccc(N(c3ccccc3)c3cccc5ccccc35)c3cccc(c23)N6c2ccccc2)N(c2ccccc2)c2cccc3c(N(c5ccccc5)c5ccccc5)ccc-4c23)cc1. The largest absolute Gasteiger partial charge is 0.311 e. The zero-order valence-electron chi connectivity index (χ0n) is 59.7. The maximum atomic E-state index is 2.59. The predicted molar refractivity (Wildman–Crippen MR) is 447 cm³/mol. The van der Waals surface area contributed by atoms with Gasteiger partial charge in [-0.25, -0.2) is 0 Å². The van der Waals surface area contributed by atoms with Crippen LogP contribution < -0.4 is 45.8 Å². The molecule has 0 fully saturated rings. The molecule has 16 aromatic rings. The third-order valence-electron chi connectivity index (χ3n) is 22.3. The number of fused-ring (bicyclic) bond motifs is 9. The zero-order chi connectivity index (χ0) is 70.4. The van der Waals surface area contributed by atoms with Gasteiger partial charge < -0.3 is 29.4 Å². The van der Waals surface area contributed by atoms with Gasteiger partial charge in [0.05, 0.1) is 39.8 Å². The van der Waals surface area contributed by atoms with Gasteiger partial charge in [0.2, 0.25) is 0 Å². The number of para-hydroxylation sites is 5. The topological polar surface area (TPSA) is 19.4 Å². The van der Waals surface area contributed by atoms with E-state index in [1.807, 2.05) is 0 Å². The highest BCUT2D eigenvalue weighted by Gasteiger charge is 2.46. The average molecular weight is 1350 g/mol. The standard InChI is InChI=1S/C98H75BN6/c1-97(2,3)65-48-52-72(53-49-65)104-88-46-27-47-89-96(88)99(81-62-90-79(60-92(81)104)75-56-58-84(100(67-30-12-7-13-31-67)68-32-14-8-15-33-68)77-41-25-44-86(94(75)77)102(90)70-36-18-10-19-37-70)82-63-91-80(61-93(82)105(89)73-54-50-66(51-55-73)98(4,5)6)76-57-59-85(78-42-26-45-87(95(76)78)103(91)71-38-20-11-21-39-71)101(69-34-16-9-17-35-69)83-43-24-29-64-28-22-23-40-74(64)83/h7-63H,1-6H3. The Balaban J connectivity index is 0.873. The number of benzene rings is 16.